The average molecular weight is 384 g/mol. The van der Waals surface area contributed by atoms with Crippen molar-refractivity contribution in [3.05, 3.63) is 40.9 Å². The van der Waals surface area contributed by atoms with Gasteiger partial charge in [-0.25, -0.2) is 4.98 Å². The van der Waals surface area contributed by atoms with Gasteiger partial charge >= 0.3 is 0 Å². The molecule has 0 spiro atoms. The number of morpholine rings is 1. The Morgan fingerprint density at radius 3 is 2.96 bits per heavy atom. The predicted molar refractivity (Wildman–Crippen MR) is 107 cm³/mol. The van der Waals surface area contributed by atoms with Crippen LogP contribution in [0.15, 0.2) is 35.4 Å². The van der Waals surface area contributed by atoms with E-state index in [-0.39, 0.29) is 30.0 Å². The number of benzene rings is 1. The number of aromatic nitrogens is 2. The molecular weight excluding hydrogens is 356 g/mol. The molecule has 0 radical (unpaired) electrons. The van der Waals surface area contributed by atoms with Gasteiger partial charge in [-0.15, -0.1) is 0 Å². The van der Waals surface area contributed by atoms with Gasteiger partial charge in [-0.1, -0.05) is 26.0 Å². The molecule has 28 heavy (non-hydrogen) atoms. The number of aryl methyl sites for hydroxylation is 1. The highest BCUT2D eigenvalue weighted by Gasteiger charge is 2.38. The van der Waals surface area contributed by atoms with Gasteiger partial charge in [-0.05, 0) is 24.5 Å². The standard InChI is InChI=1S/C21H28N4O3/c1-14(2)19-11-25-10-15(9-16(25)12-28-19)23-20(26)7-8-24-13-22-18-6-4-3-5-17(18)21(24)27/h3-6,13-16,19H,7-12H2,1-2H3,(H,23,26)/t15-,16-,19-/m0/s1. The monoisotopic (exact) mass is 384 g/mol. The van der Waals surface area contributed by atoms with Crippen molar-refractivity contribution >= 4 is 16.8 Å². The molecule has 0 bridgehead atoms. The van der Waals surface area contributed by atoms with Gasteiger partial charge in [0.15, 0.2) is 0 Å². The van der Waals surface area contributed by atoms with Crippen LogP contribution >= 0.6 is 0 Å². The topological polar surface area (TPSA) is 76.5 Å². The van der Waals surface area contributed by atoms with E-state index in [0.717, 1.165) is 26.1 Å². The molecule has 3 atom stereocenters. The number of amides is 1. The van der Waals surface area contributed by atoms with Gasteiger partial charge in [0.1, 0.15) is 0 Å². The molecule has 1 aromatic carbocycles. The minimum Gasteiger partial charge on any atom is -0.375 e. The summed E-state index contributed by atoms with van der Waals surface area (Å²) in [5.41, 5.74) is 0.575. The number of rotatable bonds is 5. The Morgan fingerprint density at radius 2 is 2.14 bits per heavy atom. The first-order valence-electron chi connectivity index (χ1n) is 10.1. The van der Waals surface area contributed by atoms with E-state index in [1.165, 1.54) is 10.9 Å². The molecule has 2 saturated heterocycles. The summed E-state index contributed by atoms with van der Waals surface area (Å²) in [6.45, 7) is 7.26. The van der Waals surface area contributed by atoms with Crippen LogP contribution in [-0.2, 0) is 16.1 Å². The van der Waals surface area contributed by atoms with Crippen molar-refractivity contribution in [2.75, 3.05) is 19.7 Å². The summed E-state index contributed by atoms with van der Waals surface area (Å²) in [5.74, 6) is 0.481. The van der Waals surface area contributed by atoms with Crippen LogP contribution in [0.4, 0.5) is 0 Å². The van der Waals surface area contributed by atoms with Crippen molar-refractivity contribution in [2.24, 2.45) is 5.92 Å². The largest absolute Gasteiger partial charge is 0.375 e. The maximum Gasteiger partial charge on any atom is 0.261 e. The molecule has 1 amide bonds. The summed E-state index contributed by atoms with van der Waals surface area (Å²) >= 11 is 0. The lowest BCUT2D eigenvalue weighted by Crippen LogP contribution is -2.48. The summed E-state index contributed by atoms with van der Waals surface area (Å²) in [4.78, 5) is 31.7. The fourth-order valence-electron chi connectivity index (χ4n) is 4.19. The Morgan fingerprint density at radius 1 is 1.32 bits per heavy atom. The fraction of sp³-hybridized carbons (Fsp3) is 0.571. The van der Waals surface area contributed by atoms with E-state index in [4.69, 9.17) is 4.74 Å². The molecule has 2 aliphatic heterocycles. The van der Waals surface area contributed by atoms with Crippen LogP contribution in [0.3, 0.4) is 0 Å². The molecule has 2 aliphatic rings. The molecule has 1 aromatic heterocycles. The number of nitrogens with one attached hydrogen (secondary N) is 1. The summed E-state index contributed by atoms with van der Waals surface area (Å²) in [6.07, 6.45) is 3.00. The second-order valence-electron chi connectivity index (χ2n) is 8.23. The SMILES string of the molecule is CC(C)[C@@H]1CN2C[C@@H](NC(=O)CCn3cnc4ccccc4c3=O)C[C@H]2CO1. The lowest BCUT2D eigenvalue weighted by Gasteiger charge is -2.36. The number of hydrogen-bond acceptors (Lipinski definition) is 5. The zero-order chi connectivity index (χ0) is 19.7. The van der Waals surface area contributed by atoms with E-state index in [0.29, 0.717) is 29.4 Å². The second kappa shape index (κ2) is 8.01. The van der Waals surface area contributed by atoms with Crippen LogP contribution in [0.2, 0.25) is 0 Å². The van der Waals surface area contributed by atoms with Crippen molar-refractivity contribution in [1.82, 2.24) is 19.8 Å². The molecule has 0 unspecified atom stereocenters. The lowest BCUT2D eigenvalue weighted by molar-refractivity contribution is -0.121. The minimum absolute atomic E-state index is 0.0220. The molecular formula is C21H28N4O3. The van der Waals surface area contributed by atoms with E-state index in [1.807, 2.05) is 18.2 Å². The molecule has 0 saturated carbocycles. The molecule has 0 aliphatic carbocycles. The third kappa shape index (κ3) is 3.95. The van der Waals surface area contributed by atoms with Crippen molar-refractivity contribution < 1.29 is 9.53 Å². The van der Waals surface area contributed by atoms with E-state index in [1.54, 1.807) is 6.07 Å². The fourth-order valence-corrected chi connectivity index (χ4v) is 4.19. The maximum atomic E-state index is 12.5. The molecule has 7 heteroatoms. The first-order valence-corrected chi connectivity index (χ1v) is 10.1. The van der Waals surface area contributed by atoms with Crippen LogP contribution in [0.1, 0.15) is 26.7 Å². The van der Waals surface area contributed by atoms with E-state index in [9.17, 15) is 9.59 Å². The molecule has 2 fully saturated rings. The van der Waals surface area contributed by atoms with Gasteiger partial charge in [0.2, 0.25) is 5.91 Å². The number of fused-ring (bicyclic) bond motifs is 2. The lowest BCUT2D eigenvalue weighted by atomic mass is 10.0. The van der Waals surface area contributed by atoms with Crippen LogP contribution < -0.4 is 10.9 Å². The minimum atomic E-state index is -0.103. The van der Waals surface area contributed by atoms with Gasteiger partial charge in [-0.3, -0.25) is 19.1 Å². The first-order chi connectivity index (χ1) is 13.5. The third-order valence-electron chi connectivity index (χ3n) is 5.87. The Balaban J connectivity index is 1.31. The molecule has 150 valence electrons. The van der Waals surface area contributed by atoms with Gasteiger partial charge < -0.3 is 10.1 Å². The zero-order valence-electron chi connectivity index (χ0n) is 16.5. The Kier molecular flexibility index (Phi) is 5.46. The quantitative estimate of drug-likeness (QED) is 0.843. The van der Waals surface area contributed by atoms with Gasteiger partial charge in [0.25, 0.3) is 5.56 Å². The van der Waals surface area contributed by atoms with Crippen LogP contribution in [0.5, 0.6) is 0 Å². The molecule has 4 rings (SSSR count). The van der Waals surface area contributed by atoms with Crippen LogP contribution in [0, 0.1) is 5.92 Å². The molecule has 3 heterocycles. The zero-order valence-corrected chi connectivity index (χ0v) is 16.5. The summed E-state index contributed by atoms with van der Waals surface area (Å²) in [6, 6.07) is 7.81. The predicted octanol–water partition coefficient (Wildman–Crippen LogP) is 1.40. The summed E-state index contributed by atoms with van der Waals surface area (Å²) in [5, 5.41) is 3.72. The third-order valence-corrected chi connectivity index (χ3v) is 5.87. The van der Waals surface area contributed by atoms with Gasteiger partial charge in [0, 0.05) is 38.1 Å². The highest BCUT2D eigenvalue weighted by atomic mass is 16.5. The Hall–Kier alpha value is -2.25. The number of carbonyl (C=O) groups excluding carboxylic acids is 1. The number of carbonyl (C=O) groups is 1. The second-order valence-corrected chi connectivity index (χ2v) is 8.23. The van der Waals surface area contributed by atoms with Crippen molar-refractivity contribution in [1.29, 1.82) is 0 Å². The highest BCUT2D eigenvalue weighted by molar-refractivity contribution is 5.77. The van der Waals surface area contributed by atoms with Gasteiger partial charge in [0.05, 0.1) is 29.9 Å². The Bertz CT molecular complexity index is 910. The van der Waals surface area contributed by atoms with Crippen LogP contribution in [0.25, 0.3) is 10.9 Å². The van der Waals surface area contributed by atoms with Crippen molar-refractivity contribution in [2.45, 2.75) is 51.4 Å². The van der Waals surface area contributed by atoms with Crippen LogP contribution in [-0.4, -0.2) is 58.2 Å². The normalized spacial score (nSPS) is 25.2. The average Bonchev–Trinajstić information content (AvgIpc) is 3.09. The number of nitrogens with zero attached hydrogens (tertiary/aromatic N) is 3. The van der Waals surface area contributed by atoms with E-state index in [2.05, 4.69) is 29.0 Å². The van der Waals surface area contributed by atoms with Gasteiger partial charge in [-0.2, -0.15) is 0 Å². The van der Waals surface area contributed by atoms with Crippen molar-refractivity contribution in [3.63, 3.8) is 0 Å². The molecule has 1 N–H and O–H groups in total. The molecule has 2 aromatic rings. The number of para-hydroxylation sites is 1. The van der Waals surface area contributed by atoms with E-state index >= 15 is 0 Å². The summed E-state index contributed by atoms with van der Waals surface area (Å²) < 4.78 is 7.48. The van der Waals surface area contributed by atoms with Crippen molar-refractivity contribution in [3.8, 4) is 0 Å². The summed E-state index contributed by atoms with van der Waals surface area (Å²) in [7, 11) is 0. The molecule has 7 nitrogen and oxygen atoms in total. The number of ether oxygens (including phenoxy) is 1. The number of hydrogen-bond donors (Lipinski definition) is 1. The smallest absolute Gasteiger partial charge is 0.261 e. The highest BCUT2D eigenvalue weighted by Crippen LogP contribution is 2.25. The first kappa shape index (κ1) is 19.1. The Labute approximate surface area is 164 Å². The van der Waals surface area contributed by atoms with E-state index < -0.39 is 0 Å². The maximum absolute atomic E-state index is 12.5.